The minimum absolute atomic E-state index is 0.241. The van der Waals surface area contributed by atoms with Crippen molar-refractivity contribution in [2.45, 2.75) is 13.2 Å². The molecule has 0 fully saturated rings. The van der Waals surface area contributed by atoms with Gasteiger partial charge in [0, 0.05) is 4.47 Å². The number of nitrogens with two attached hydrogens (primary N) is 1. The van der Waals surface area contributed by atoms with E-state index in [0.717, 1.165) is 10.2 Å². The van der Waals surface area contributed by atoms with Gasteiger partial charge in [-0.15, -0.1) is 10.2 Å². The van der Waals surface area contributed by atoms with Gasteiger partial charge in [-0.25, -0.2) is 0 Å². The Labute approximate surface area is 101 Å². The van der Waals surface area contributed by atoms with Gasteiger partial charge in [-0.3, -0.25) is 0 Å². The molecule has 1 aromatic carbocycles. The highest BCUT2D eigenvalue weighted by molar-refractivity contribution is 9.10. The van der Waals surface area contributed by atoms with E-state index in [1.165, 1.54) is 0 Å². The molecule has 0 saturated carbocycles. The number of nitrogens with zero attached hydrogens (tertiary/aromatic N) is 2. The fourth-order valence-electron chi connectivity index (χ4n) is 1.11. The highest BCUT2D eigenvalue weighted by atomic mass is 79.9. The van der Waals surface area contributed by atoms with Gasteiger partial charge < -0.3 is 14.9 Å². The minimum Gasteiger partial charge on any atom is -0.484 e. The van der Waals surface area contributed by atoms with Crippen LogP contribution in [0.3, 0.4) is 0 Å². The molecule has 0 aliphatic heterocycles. The lowest BCUT2D eigenvalue weighted by atomic mass is 10.3. The quantitative estimate of drug-likeness (QED) is 0.927. The average molecular weight is 284 g/mol. The van der Waals surface area contributed by atoms with Gasteiger partial charge in [-0.2, -0.15) is 0 Å². The summed E-state index contributed by atoms with van der Waals surface area (Å²) in [6.07, 6.45) is 0. The smallest absolute Gasteiger partial charge is 0.253 e. The van der Waals surface area contributed by atoms with E-state index in [2.05, 4.69) is 26.1 Å². The zero-order valence-electron chi connectivity index (χ0n) is 8.39. The lowest BCUT2D eigenvalue weighted by Gasteiger charge is -2.02. The van der Waals surface area contributed by atoms with Gasteiger partial charge in [-0.1, -0.05) is 15.9 Å². The zero-order valence-corrected chi connectivity index (χ0v) is 9.98. The lowest BCUT2D eigenvalue weighted by molar-refractivity contribution is 0.259. The standard InChI is InChI=1S/C10H10BrN3O2/c11-7-1-3-8(4-2-7)15-6-10-14-13-9(5-12)16-10/h1-4H,5-6,12H2. The second kappa shape index (κ2) is 5.09. The molecule has 1 heterocycles. The predicted molar refractivity (Wildman–Crippen MR) is 60.7 cm³/mol. The number of rotatable bonds is 4. The molecular formula is C10H10BrN3O2. The fourth-order valence-corrected chi connectivity index (χ4v) is 1.37. The molecule has 84 valence electrons. The van der Waals surface area contributed by atoms with E-state index >= 15 is 0 Å². The number of aromatic nitrogens is 2. The number of ether oxygens (including phenoxy) is 1. The largest absolute Gasteiger partial charge is 0.484 e. The topological polar surface area (TPSA) is 74.2 Å². The molecule has 1 aromatic heterocycles. The summed E-state index contributed by atoms with van der Waals surface area (Å²) in [5, 5.41) is 7.52. The predicted octanol–water partition coefficient (Wildman–Crippen LogP) is 1.87. The van der Waals surface area contributed by atoms with E-state index < -0.39 is 0 Å². The van der Waals surface area contributed by atoms with Gasteiger partial charge >= 0.3 is 0 Å². The molecule has 0 unspecified atom stereocenters. The third-order valence-corrected chi connectivity index (χ3v) is 2.39. The van der Waals surface area contributed by atoms with Crippen molar-refractivity contribution in [2.24, 2.45) is 5.73 Å². The molecule has 6 heteroatoms. The molecule has 0 bridgehead atoms. The summed E-state index contributed by atoms with van der Waals surface area (Å²) in [4.78, 5) is 0. The maximum Gasteiger partial charge on any atom is 0.253 e. The Bertz CT molecular complexity index is 455. The summed E-state index contributed by atoms with van der Waals surface area (Å²) >= 11 is 3.34. The molecule has 0 aliphatic rings. The molecule has 2 N–H and O–H groups in total. The molecule has 16 heavy (non-hydrogen) atoms. The van der Waals surface area contributed by atoms with Gasteiger partial charge in [0.1, 0.15) is 5.75 Å². The second-order valence-corrected chi connectivity index (χ2v) is 3.95. The van der Waals surface area contributed by atoms with Gasteiger partial charge in [0.15, 0.2) is 6.61 Å². The number of benzene rings is 1. The maximum absolute atomic E-state index is 5.45. The van der Waals surface area contributed by atoms with E-state index in [1.54, 1.807) is 0 Å². The molecule has 2 rings (SSSR count). The van der Waals surface area contributed by atoms with Crippen molar-refractivity contribution in [3.63, 3.8) is 0 Å². The fraction of sp³-hybridized carbons (Fsp3) is 0.200. The van der Waals surface area contributed by atoms with Gasteiger partial charge in [0.2, 0.25) is 5.89 Å². The Morgan fingerprint density at radius 3 is 2.50 bits per heavy atom. The van der Waals surface area contributed by atoms with Crippen molar-refractivity contribution in [3.8, 4) is 5.75 Å². The highest BCUT2D eigenvalue weighted by Gasteiger charge is 2.04. The first kappa shape index (κ1) is 11.1. The monoisotopic (exact) mass is 283 g/mol. The van der Waals surface area contributed by atoms with Gasteiger partial charge in [-0.05, 0) is 24.3 Å². The Morgan fingerprint density at radius 2 is 1.88 bits per heavy atom. The van der Waals surface area contributed by atoms with Gasteiger partial charge in [0.05, 0.1) is 6.54 Å². The lowest BCUT2D eigenvalue weighted by Crippen LogP contribution is -1.96. The van der Waals surface area contributed by atoms with Crippen molar-refractivity contribution in [1.82, 2.24) is 10.2 Å². The number of hydrogen-bond acceptors (Lipinski definition) is 5. The van der Waals surface area contributed by atoms with Crippen molar-refractivity contribution >= 4 is 15.9 Å². The highest BCUT2D eigenvalue weighted by Crippen LogP contribution is 2.17. The van der Waals surface area contributed by atoms with E-state index in [-0.39, 0.29) is 13.2 Å². The van der Waals surface area contributed by atoms with E-state index in [4.69, 9.17) is 14.9 Å². The average Bonchev–Trinajstić information content (AvgIpc) is 2.76. The van der Waals surface area contributed by atoms with E-state index in [0.29, 0.717) is 11.8 Å². The van der Waals surface area contributed by atoms with Crippen LogP contribution in [0.2, 0.25) is 0 Å². The van der Waals surface area contributed by atoms with Crippen LogP contribution < -0.4 is 10.5 Å². The number of hydrogen-bond donors (Lipinski definition) is 1. The Balaban J connectivity index is 1.94. The van der Waals surface area contributed by atoms with Crippen LogP contribution in [-0.2, 0) is 13.2 Å². The SMILES string of the molecule is NCc1nnc(COc2ccc(Br)cc2)o1. The molecule has 0 radical (unpaired) electrons. The van der Waals surface area contributed by atoms with Crippen LogP contribution in [-0.4, -0.2) is 10.2 Å². The van der Waals surface area contributed by atoms with Crippen molar-refractivity contribution in [2.75, 3.05) is 0 Å². The maximum atomic E-state index is 5.45. The third-order valence-electron chi connectivity index (χ3n) is 1.86. The van der Waals surface area contributed by atoms with Crippen LogP contribution in [0, 0.1) is 0 Å². The minimum atomic E-state index is 0.241. The van der Waals surface area contributed by atoms with Crippen LogP contribution in [0.15, 0.2) is 33.2 Å². The molecule has 0 atom stereocenters. The normalized spacial score (nSPS) is 10.4. The summed E-state index contributed by atoms with van der Waals surface area (Å²) < 4.78 is 11.6. The summed E-state index contributed by atoms with van der Waals surface area (Å²) in [5.74, 6) is 1.58. The second-order valence-electron chi connectivity index (χ2n) is 3.04. The van der Waals surface area contributed by atoms with E-state index in [1.807, 2.05) is 24.3 Å². The first-order valence-electron chi connectivity index (χ1n) is 4.67. The molecular weight excluding hydrogens is 274 g/mol. The van der Waals surface area contributed by atoms with Crippen molar-refractivity contribution in [3.05, 3.63) is 40.5 Å². The van der Waals surface area contributed by atoms with Gasteiger partial charge in [0.25, 0.3) is 5.89 Å². The first-order valence-corrected chi connectivity index (χ1v) is 5.47. The molecule has 5 nitrogen and oxygen atoms in total. The van der Waals surface area contributed by atoms with Crippen molar-refractivity contribution in [1.29, 1.82) is 0 Å². The molecule has 2 aromatic rings. The molecule has 0 saturated heterocycles. The van der Waals surface area contributed by atoms with Crippen molar-refractivity contribution < 1.29 is 9.15 Å². The Hall–Kier alpha value is -1.40. The summed E-state index contributed by atoms with van der Waals surface area (Å²) in [6, 6.07) is 7.50. The summed E-state index contributed by atoms with van der Waals surface area (Å²) in [5.41, 5.74) is 5.34. The molecule has 0 aliphatic carbocycles. The zero-order chi connectivity index (χ0) is 11.4. The Morgan fingerprint density at radius 1 is 1.19 bits per heavy atom. The first-order chi connectivity index (χ1) is 7.78. The van der Waals surface area contributed by atoms with E-state index in [9.17, 15) is 0 Å². The number of halogens is 1. The third kappa shape index (κ3) is 2.80. The summed E-state index contributed by atoms with van der Waals surface area (Å²) in [6.45, 7) is 0.486. The van der Waals surface area contributed by atoms with Crippen LogP contribution in [0.25, 0.3) is 0 Å². The van der Waals surface area contributed by atoms with Crippen LogP contribution >= 0.6 is 15.9 Å². The van der Waals surface area contributed by atoms with Crippen LogP contribution in [0.5, 0.6) is 5.75 Å². The van der Waals surface area contributed by atoms with Crippen LogP contribution in [0.1, 0.15) is 11.8 Å². The van der Waals surface area contributed by atoms with Crippen LogP contribution in [0.4, 0.5) is 0 Å². The summed E-state index contributed by atoms with van der Waals surface area (Å²) in [7, 11) is 0. The molecule has 0 amide bonds. The Kier molecular flexibility index (Phi) is 3.53. The molecule has 0 spiro atoms.